The molecule has 2 rings (SSSR count). The van der Waals surface area contributed by atoms with Crippen LogP contribution < -0.4 is 4.72 Å². The fourth-order valence-corrected chi connectivity index (χ4v) is 3.63. The van der Waals surface area contributed by atoms with Gasteiger partial charge in [-0.15, -0.1) is 0 Å². The van der Waals surface area contributed by atoms with E-state index in [1.807, 2.05) is 0 Å². The van der Waals surface area contributed by atoms with Crippen LogP contribution in [0.2, 0.25) is 0 Å². The molecule has 9 heteroatoms. The van der Waals surface area contributed by atoms with Crippen molar-refractivity contribution >= 4 is 22.0 Å². The lowest BCUT2D eigenvalue weighted by Crippen LogP contribution is -2.42. The number of sulfonamides is 1. The van der Waals surface area contributed by atoms with Gasteiger partial charge in [-0.2, -0.15) is 4.72 Å². The molecular weight excluding hydrogens is 360 g/mol. The number of esters is 1. The SMILES string of the molecule is CCOC(=O)c1cc(S(=O)(=O)N[C@@H](Cc2ccccc2)C(=O)O)cn1C. The van der Waals surface area contributed by atoms with Gasteiger partial charge >= 0.3 is 11.9 Å². The van der Waals surface area contributed by atoms with E-state index >= 15 is 0 Å². The molecule has 0 aliphatic heterocycles. The predicted molar refractivity (Wildman–Crippen MR) is 93.3 cm³/mol. The van der Waals surface area contributed by atoms with Crippen LogP contribution in [-0.4, -0.2) is 42.7 Å². The Hall–Kier alpha value is -2.65. The third-order valence-corrected chi connectivity index (χ3v) is 5.09. The highest BCUT2D eigenvalue weighted by Crippen LogP contribution is 2.16. The van der Waals surface area contributed by atoms with Crippen LogP contribution >= 0.6 is 0 Å². The van der Waals surface area contributed by atoms with Crippen molar-refractivity contribution in [3.8, 4) is 0 Å². The van der Waals surface area contributed by atoms with E-state index in [9.17, 15) is 23.1 Å². The third kappa shape index (κ3) is 4.70. The minimum atomic E-state index is -4.13. The number of ether oxygens (including phenoxy) is 1. The van der Waals surface area contributed by atoms with Crippen LogP contribution in [0.4, 0.5) is 0 Å². The number of rotatable bonds is 8. The van der Waals surface area contributed by atoms with E-state index in [2.05, 4.69) is 4.72 Å². The van der Waals surface area contributed by atoms with Gasteiger partial charge in [-0.1, -0.05) is 30.3 Å². The topological polar surface area (TPSA) is 115 Å². The first kappa shape index (κ1) is 19.7. The van der Waals surface area contributed by atoms with Gasteiger partial charge in [-0.05, 0) is 25.0 Å². The van der Waals surface area contributed by atoms with Gasteiger partial charge in [0.25, 0.3) is 0 Å². The Kier molecular flexibility index (Phi) is 6.17. The van der Waals surface area contributed by atoms with E-state index in [1.165, 1.54) is 17.8 Å². The molecule has 0 saturated heterocycles. The molecule has 0 saturated carbocycles. The number of carboxylic acid groups (broad SMARTS) is 1. The minimum absolute atomic E-state index is 0.00697. The Morgan fingerprint density at radius 1 is 1.27 bits per heavy atom. The lowest BCUT2D eigenvalue weighted by molar-refractivity contribution is -0.138. The number of hydrogen-bond donors (Lipinski definition) is 2. The molecule has 1 heterocycles. The summed E-state index contributed by atoms with van der Waals surface area (Å²) in [7, 11) is -2.63. The molecule has 8 nitrogen and oxygen atoms in total. The van der Waals surface area contributed by atoms with Crippen molar-refractivity contribution in [3.63, 3.8) is 0 Å². The largest absolute Gasteiger partial charge is 0.480 e. The maximum absolute atomic E-state index is 12.5. The van der Waals surface area contributed by atoms with Crippen LogP contribution in [0.25, 0.3) is 0 Å². The Bertz CT molecular complexity index is 889. The molecule has 0 radical (unpaired) electrons. The fraction of sp³-hybridized carbons (Fsp3) is 0.294. The highest BCUT2D eigenvalue weighted by molar-refractivity contribution is 7.89. The monoisotopic (exact) mass is 380 g/mol. The van der Waals surface area contributed by atoms with E-state index in [-0.39, 0.29) is 23.6 Å². The van der Waals surface area contributed by atoms with Crippen LogP contribution in [0.5, 0.6) is 0 Å². The first-order valence-electron chi connectivity index (χ1n) is 7.87. The molecule has 0 bridgehead atoms. The summed E-state index contributed by atoms with van der Waals surface area (Å²) >= 11 is 0. The zero-order chi connectivity index (χ0) is 19.3. The summed E-state index contributed by atoms with van der Waals surface area (Å²) in [5.74, 6) is -1.95. The number of benzene rings is 1. The molecule has 0 amide bonds. The maximum Gasteiger partial charge on any atom is 0.354 e. The van der Waals surface area contributed by atoms with Gasteiger partial charge in [0.2, 0.25) is 10.0 Å². The van der Waals surface area contributed by atoms with Crippen molar-refractivity contribution in [2.75, 3.05) is 6.61 Å². The van der Waals surface area contributed by atoms with E-state index in [0.29, 0.717) is 5.56 Å². The van der Waals surface area contributed by atoms with Crippen molar-refractivity contribution in [1.82, 2.24) is 9.29 Å². The number of nitrogens with zero attached hydrogens (tertiary/aromatic N) is 1. The second kappa shape index (κ2) is 8.15. The summed E-state index contributed by atoms with van der Waals surface area (Å²) in [5, 5.41) is 9.36. The summed E-state index contributed by atoms with van der Waals surface area (Å²) < 4.78 is 33.4. The molecule has 2 aromatic rings. The van der Waals surface area contributed by atoms with Crippen molar-refractivity contribution < 1.29 is 27.9 Å². The molecule has 0 unspecified atom stereocenters. The van der Waals surface area contributed by atoms with Crippen molar-refractivity contribution in [1.29, 1.82) is 0 Å². The van der Waals surface area contributed by atoms with Gasteiger partial charge < -0.3 is 14.4 Å². The molecule has 26 heavy (non-hydrogen) atoms. The molecule has 0 spiro atoms. The molecule has 0 aliphatic rings. The number of hydrogen-bond acceptors (Lipinski definition) is 5. The van der Waals surface area contributed by atoms with Gasteiger partial charge in [0.1, 0.15) is 16.6 Å². The van der Waals surface area contributed by atoms with Crippen LogP contribution in [0.1, 0.15) is 23.0 Å². The average Bonchev–Trinajstić information content (AvgIpc) is 2.98. The lowest BCUT2D eigenvalue weighted by atomic mass is 10.1. The van der Waals surface area contributed by atoms with E-state index in [0.717, 1.165) is 6.07 Å². The zero-order valence-corrected chi connectivity index (χ0v) is 15.2. The van der Waals surface area contributed by atoms with Crippen LogP contribution in [0, 0.1) is 0 Å². The van der Waals surface area contributed by atoms with E-state index < -0.39 is 28.0 Å². The zero-order valence-electron chi connectivity index (χ0n) is 14.4. The Balaban J connectivity index is 2.24. The predicted octanol–water partition coefficient (Wildman–Crippen LogP) is 1.18. The number of carbonyl (C=O) groups excluding carboxylic acids is 1. The Labute approximate surface area is 151 Å². The number of carboxylic acids is 1. The molecule has 140 valence electrons. The lowest BCUT2D eigenvalue weighted by Gasteiger charge is -2.14. The summed E-state index contributed by atoms with van der Waals surface area (Å²) in [5.41, 5.74) is 0.741. The van der Waals surface area contributed by atoms with Gasteiger partial charge in [-0.25, -0.2) is 13.2 Å². The third-order valence-electron chi connectivity index (χ3n) is 3.65. The second-order valence-electron chi connectivity index (χ2n) is 5.59. The standard InChI is InChI=1S/C17H20N2O6S/c1-3-25-17(22)15-10-13(11-19(15)2)26(23,24)18-14(16(20)21)9-12-7-5-4-6-8-12/h4-8,10-11,14,18H,3,9H2,1-2H3,(H,20,21)/t14-/m0/s1. The van der Waals surface area contributed by atoms with E-state index in [1.54, 1.807) is 37.3 Å². The Morgan fingerprint density at radius 2 is 1.92 bits per heavy atom. The van der Waals surface area contributed by atoms with Crippen LogP contribution in [-0.2, 0) is 33.0 Å². The normalized spacial score (nSPS) is 12.5. The Morgan fingerprint density at radius 3 is 2.50 bits per heavy atom. The van der Waals surface area contributed by atoms with Gasteiger partial charge in [-0.3, -0.25) is 4.79 Å². The minimum Gasteiger partial charge on any atom is -0.480 e. The molecule has 1 atom stereocenters. The summed E-state index contributed by atoms with van der Waals surface area (Å²) in [6, 6.07) is 8.51. The van der Waals surface area contributed by atoms with Crippen LogP contribution in [0.15, 0.2) is 47.5 Å². The summed E-state index contributed by atoms with van der Waals surface area (Å²) in [6.45, 7) is 1.80. The second-order valence-corrected chi connectivity index (χ2v) is 7.31. The van der Waals surface area contributed by atoms with Crippen molar-refractivity contribution in [3.05, 3.63) is 53.9 Å². The molecule has 1 aromatic carbocycles. The number of carbonyl (C=O) groups is 2. The van der Waals surface area contributed by atoms with Crippen molar-refractivity contribution in [2.45, 2.75) is 24.3 Å². The molecule has 1 aromatic heterocycles. The van der Waals surface area contributed by atoms with Gasteiger partial charge in [0.15, 0.2) is 0 Å². The molecule has 0 fully saturated rings. The highest BCUT2D eigenvalue weighted by atomic mass is 32.2. The van der Waals surface area contributed by atoms with Gasteiger partial charge in [0.05, 0.1) is 6.61 Å². The van der Waals surface area contributed by atoms with E-state index in [4.69, 9.17) is 4.74 Å². The van der Waals surface area contributed by atoms with Crippen molar-refractivity contribution in [2.24, 2.45) is 7.05 Å². The fourth-order valence-electron chi connectivity index (χ4n) is 2.37. The first-order valence-corrected chi connectivity index (χ1v) is 9.35. The number of aromatic nitrogens is 1. The van der Waals surface area contributed by atoms with Crippen LogP contribution in [0.3, 0.4) is 0 Å². The average molecular weight is 380 g/mol. The highest BCUT2D eigenvalue weighted by Gasteiger charge is 2.28. The van der Waals surface area contributed by atoms with Gasteiger partial charge in [0, 0.05) is 13.2 Å². The number of aryl methyl sites for hydroxylation is 1. The smallest absolute Gasteiger partial charge is 0.354 e. The first-order chi connectivity index (χ1) is 12.2. The molecule has 2 N–H and O–H groups in total. The molecule has 0 aliphatic carbocycles. The molecular formula is C17H20N2O6S. The number of aliphatic carboxylic acids is 1. The number of nitrogens with one attached hydrogen (secondary N) is 1. The summed E-state index contributed by atoms with van der Waals surface area (Å²) in [4.78, 5) is 23.1. The quantitative estimate of drug-likeness (QED) is 0.665. The maximum atomic E-state index is 12.5. The summed E-state index contributed by atoms with van der Waals surface area (Å²) in [6.07, 6.45) is 1.23.